The molecule has 4 heteroatoms. The van der Waals surface area contributed by atoms with Gasteiger partial charge in [-0.05, 0) is 17.0 Å². The first-order chi connectivity index (χ1) is 11.8. The molecule has 0 saturated carbocycles. The molecule has 2 aromatic heterocycles. The Bertz CT molecular complexity index is 983. The van der Waals surface area contributed by atoms with Crippen molar-refractivity contribution in [1.82, 2.24) is 4.57 Å². The molecule has 0 fully saturated rings. The molecule has 0 amide bonds. The number of hydrogen-bond donors (Lipinski definition) is 0. The highest BCUT2D eigenvalue weighted by Crippen LogP contribution is 2.34. The zero-order valence-corrected chi connectivity index (χ0v) is 13.7. The van der Waals surface area contributed by atoms with E-state index in [-0.39, 0.29) is 5.76 Å². The zero-order valence-electron chi connectivity index (χ0n) is 12.9. The molecule has 24 heavy (non-hydrogen) atoms. The number of hydrogen-bond acceptors (Lipinski definition) is 3. The van der Waals surface area contributed by atoms with E-state index in [4.69, 9.17) is 4.42 Å². The highest BCUT2D eigenvalue weighted by molar-refractivity contribution is 7.13. The fraction of sp³-hybridized carbons (Fsp3) is 0.0500. The molecule has 0 saturated heterocycles. The minimum atomic E-state index is -0.332. The SMILES string of the molecule is O=c1oc(-c2ccccc2)c(-c2cccs2)n1Cc1ccccc1. The monoisotopic (exact) mass is 333 g/mol. The summed E-state index contributed by atoms with van der Waals surface area (Å²) < 4.78 is 7.35. The topological polar surface area (TPSA) is 35.1 Å². The van der Waals surface area contributed by atoms with Crippen LogP contribution in [0.1, 0.15) is 5.56 Å². The molecule has 118 valence electrons. The van der Waals surface area contributed by atoms with Gasteiger partial charge in [-0.2, -0.15) is 0 Å². The van der Waals surface area contributed by atoms with E-state index < -0.39 is 0 Å². The summed E-state index contributed by atoms with van der Waals surface area (Å²) in [6, 6.07) is 23.7. The van der Waals surface area contributed by atoms with E-state index in [1.807, 2.05) is 78.2 Å². The van der Waals surface area contributed by atoms with E-state index in [2.05, 4.69) is 0 Å². The second-order valence-electron chi connectivity index (χ2n) is 5.46. The molecule has 4 aromatic rings. The van der Waals surface area contributed by atoms with Gasteiger partial charge in [0.2, 0.25) is 0 Å². The van der Waals surface area contributed by atoms with Crippen molar-refractivity contribution in [2.24, 2.45) is 0 Å². The second-order valence-corrected chi connectivity index (χ2v) is 6.41. The van der Waals surface area contributed by atoms with Crippen LogP contribution in [0.5, 0.6) is 0 Å². The van der Waals surface area contributed by atoms with Crippen molar-refractivity contribution in [3.05, 3.63) is 94.3 Å². The minimum Gasteiger partial charge on any atom is -0.407 e. The number of rotatable bonds is 4. The van der Waals surface area contributed by atoms with Gasteiger partial charge in [-0.15, -0.1) is 11.3 Å². The summed E-state index contributed by atoms with van der Waals surface area (Å²) in [5.74, 6) is 0.292. The van der Waals surface area contributed by atoms with E-state index in [0.717, 1.165) is 21.7 Å². The Morgan fingerprint density at radius 1 is 0.875 bits per heavy atom. The predicted molar refractivity (Wildman–Crippen MR) is 97.3 cm³/mol. The first kappa shape index (κ1) is 14.7. The van der Waals surface area contributed by atoms with Gasteiger partial charge in [-0.3, -0.25) is 4.57 Å². The normalized spacial score (nSPS) is 10.8. The van der Waals surface area contributed by atoms with Gasteiger partial charge in [0.25, 0.3) is 0 Å². The molecule has 0 aliphatic rings. The van der Waals surface area contributed by atoms with Crippen molar-refractivity contribution < 1.29 is 4.42 Å². The smallest absolute Gasteiger partial charge is 0.407 e. The first-order valence-corrected chi connectivity index (χ1v) is 8.58. The largest absolute Gasteiger partial charge is 0.420 e. The first-order valence-electron chi connectivity index (χ1n) is 7.70. The molecular weight excluding hydrogens is 318 g/mol. The zero-order chi connectivity index (χ0) is 16.4. The van der Waals surface area contributed by atoms with Crippen LogP contribution in [0.25, 0.3) is 21.9 Å². The maximum Gasteiger partial charge on any atom is 0.420 e. The molecule has 0 aliphatic carbocycles. The van der Waals surface area contributed by atoms with E-state index in [1.54, 1.807) is 15.9 Å². The van der Waals surface area contributed by atoms with Crippen molar-refractivity contribution in [1.29, 1.82) is 0 Å². The lowest BCUT2D eigenvalue weighted by atomic mass is 10.1. The molecule has 0 spiro atoms. The number of nitrogens with zero attached hydrogens (tertiary/aromatic N) is 1. The molecule has 0 N–H and O–H groups in total. The molecule has 0 bridgehead atoms. The van der Waals surface area contributed by atoms with Crippen LogP contribution in [0.3, 0.4) is 0 Å². The van der Waals surface area contributed by atoms with Gasteiger partial charge in [0, 0.05) is 5.56 Å². The minimum absolute atomic E-state index is 0.332. The third kappa shape index (κ3) is 2.72. The molecule has 0 radical (unpaired) electrons. The van der Waals surface area contributed by atoms with Crippen LogP contribution in [-0.4, -0.2) is 4.57 Å². The van der Waals surface area contributed by atoms with Crippen LogP contribution in [0.4, 0.5) is 0 Å². The van der Waals surface area contributed by atoms with Crippen molar-refractivity contribution in [2.45, 2.75) is 6.54 Å². The summed E-state index contributed by atoms with van der Waals surface area (Å²) in [5, 5.41) is 2.01. The van der Waals surface area contributed by atoms with Crippen molar-refractivity contribution in [2.75, 3.05) is 0 Å². The summed E-state index contributed by atoms with van der Waals surface area (Å²) in [7, 11) is 0. The van der Waals surface area contributed by atoms with Crippen LogP contribution in [0.2, 0.25) is 0 Å². The van der Waals surface area contributed by atoms with E-state index in [1.165, 1.54) is 0 Å². The van der Waals surface area contributed by atoms with Gasteiger partial charge in [0.05, 0.1) is 11.4 Å². The van der Waals surface area contributed by atoms with Gasteiger partial charge >= 0.3 is 5.76 Å². The van der Waals surface area contributed by atoms with Gasteiger partial charge in [0.15, 0.2) is 5.76 Å². The Hall–Kier alpha value is -2.85. The summed E-state index contributed by atoms with van der Waals surface area (Å²) >= 11 is 1.60. The van der Waals surface area contributed by atoms with E-state index >= 15 is 0 Å². The highest BCUT2D eigenvalue weighted by Gasteiger charge is 2.20. The molecule has 2 aromatic carbocycles. The molecule has 2 heterocycles. The molecule has 0 unspecified atom stereocenters. The average Bonchev–Trinajstić information content (AvgIpc) is 3.25. The molecule has 4 rings (SSSR count). The lowest BCUT2D eigenvalue weighted by Gasteiger charge is -2.07. The Morgan fingerprint density at radius 3 is 2.25 bits per heavy atom. The Kier molecular flexibility index (Phi) is 3.89. The summed E-state index contributed by atoms with van der Waals surface area (Å²) in [6.45, 7) is 0.489. The van der Waals surface area contributed by atoms with Gasteiger partial charge in [-0.25, -0.2) is 4.79 Å². The summed E-state index contributed by atoms with van der Waals surface area (Å²) in [5.41, 5.74) is 2.81. The average molecular weight is 333 g/mol. The summed E-state index contributed by atoms with van der Waals surface area (Å²) in [6.07, 6.45) is 0. The third-order valence-corrected chi connectivity index (χ3v) is 4.75. The number of thiophene rings is 1. The van der Waals surface area contributed by atoms with Crippen molar-refractivity contribution in [3.8, 4) is 21.9 Å². The predicted octanol–water partition coefficient (Wildman–Crippen LogP) is 4.89. The van der Waals surface area contributed by atoms with Gasteiger partial charge < -0.3 is 4.42 Å². The maximum absolute atomic E-state index is 12.5. The lowest BCUT2D eigenvalue weighted by molar-refractivity contribution is 0.497. The second kappa shape index (κ2) is 6.34. The molecule has 3 nitrogen and oxygen atoms in total. The fourth-order valence-electron chi connectivity index (χ4n) is 2.76. The van der Waals surface area contributed by atoms with Crippen molar-refractivity contribution >= 4 is 11.3 Å². The van der Waals surface area contributed by atoms with Crippen LogP contribution in [0.15, 0.2) is 87.4 Å². The third-order valence-electron chi connectivity index (χ3n) is 3.87. The molecule has 0 aliphatic heterocycles. The number of benzene rings is 2. The standard InChI is InChI=1S/C20H15NO2S/c22-20-21(14-15-8-3-1-4-9-15)18(17-12-7-13-24-17)19(23-20)16-10-5-2-6-11-16/h1-13H,14H2. The van der Waals surface area contributed by atoms with Crippen LogP contribution < -0.4 is 5.76 Å². The highest BCUT2D eigenvalue weighted by atomic mass is 32.1. The van der Waals surface area contributed by atoms with Crippen molar-refractivity contribution in [3.63, 3.8) is 0 Å². The summed E-state index contributed by atoms with van der Waals surface area (Å²) in [4.78, 5) is 13.6. The number of aromatic nitrogens is 1. The Labute approximate surface area is 143 Å². The van der Waals surface area contributed by atoms with Gasteiger partial charge in [0.1, 0.15) is 5.69 Å². The van der Waals surface area contributed by atoms with Crippen LogP contribution in [0, 0.1) is 0 Å². The molecular formula is C20H15NO2S. The lowest BCUT2D eigenvalue weighted by Crippen LogP contribution is -2.15. The van der Waals surface area contributed by atoms with E-state index in [9.17, 15) is 4.79 Å². The Balaban J connectivity index is 1.91. The molecule has 0 atom stereocenters. The fourth-order valence-corrected chi connectivity index (χ4v) is 3.53. The van der Waals surface area contributed by atoms with Crippen LogP contribution >= 0.6 is 11.3 Å². The quantitative estimate of drug-likeness (QED) is 0.533. The van der Waals surface area contributed by atoms with E-state index in [0.29, 0.717) is 12.3 Å². The van der Waals surface area contributed by atoms with Crippen LogP contribution in [-0.2, 0) is 6.54 Å². The maximum atomic E-state index is 12.5. The van der Waals surface area contributed by atoms with Gasteiger partial charge in [-0.1, -0.05) is 66.7 Å². The Morgan fingerprint density at radius 2 is 1.58 bits per heavy atom. The number of oxazole rings is 1.